The van der Waals surface area contributed by atoms with Gasteiger partial charge in [0.25, 0.3) is 0 Å². The van der Waals surface area contributed by atoms with E-state index in [2.05, 4.69) is 0 Å². The van der Waals surface area contributed by atoms with Crippen LogP contribution in [0.3, 0.4) is 0 Å². The van der Waals surface area contributed by atoms with E-state index in [1.54, 1.807) is 24.3 Å². The molecule has 0 fully saturated rings. The van der Waals surface area contributed by atoms with Crippen molar-refractivity contribution in [3.63, 3.8) is 0 Å². The molecule has 0 amide bonds. The van der Waals surface area contributed by atoms with Gasteiger partial charge in [0.2, 0.25) is 0 Å². The molecule has 0 aliphatic heterocycles. The number of ether oxygens (including phenoxy) is 1. The average molecular weight is 442 g/mol. The van der Waals surface area contributed by atoms with Gasteiger partial charge in [-0.2, -0.15) is 0 Å². The standard InChI is InChI=1S/C28H27NO4/c1-17-5-11-24(26(31)13-17)29(25-12-6-18(2)14-27(25)32)21-7-9-23(10-8-21)33-28-19(3)15-22(30)16-20(28)4/h5-16,30-32H,1-4H3. The number of phenols is 3. The van der Waals surface area contributed by atoms with Gasteiger partial charge in [-0.05, 0) is 111 Å². The lowest BCUT2D eigenvalue weighted by Crippen LogP contribution is -2.10. The van der Waals surface area contributed by atoms with Gasteiger partial charge in [-0.25, -0.2) is 0 Å². The van der Waals surface area contributed by atoms with Crippen LogP contribution >= 0.6 is 0 Å². The summed E-state index contributed by atoms with van der Waals surface area (Å²) in [5.74, 6) is 1.78. The highest BCUT2D eigenvalue weighted by molar-refractivity contribution is 5.83. The quantitative estimate of drug-likeness (QED) is 0.303. The maximum absolute atomic E-state index is 10.7. The number of nitrogens with zero attached hydrogens (tertiary/aromatic N) is 1. The summed E-state index contributed by atoms with van der Waals surface area (Å²) in [5.41, 5.74) is 5.41. The highest BCUT2D eigenvalue weighted by Gasteiger charge is 2.19. The zero-order valence-corrected chi connectivity index (χ0v) is 19.1. The average Bonchev–Trinajstić information content (AvgIpc) is 2.74. The van der Waals surface area contributed by atoms with Crippen LogP contribution in [0.25, 0.3) is 0 Å². The predicted octanol–water partition coefficient (Wildman–Crippen LogP) is 7.30. The first-order valence-corrected chi connectivity index (χ1v) is 10.7. The molecular weight excluding hydrogens is 414 g/mol. The fraction of sp³-hybridized carbons (Fsp3) is 0.143. The third-order valence-electron chi connectivity index (χ3n) is 5.50. The minimum absolute atomic E-state index is 0.116. The van der Waals surface area contributed by atoms with E-state index < -0.39 is 0 Å². The topological polar surface area (TPSA) is 73.2 Å². The normalized spacial score (nSPS) is 10.8. The van der Waals surface area contributed by atoms with Gasteiger partial charge in [-0.3, -0.25) is 0 Å². The molecule has 4 aromatic rings. The minimum atomic E-state index is 0.116. The van der Waals surface area contributed by atoms with Crippen LogP contribution in [-0.2, 0) is 0 Å². The zero-order valence-electron chi connectivity index (χ0n) is 19.1. The number of aromatic hydroxyl groups is 3. The molecule has 0 saturated carbocycles. The van der Waals surface area contributed by atoms with E-state index in [9.17, 15) is 15.3 Å². The summed E-state index contributed by atoms with van der Waals surface area (Å²) < 4.78 is 6.09. The molecule has 0 radical (unpaired) electrons. The van der Waals surface area contributed by atoms with Gasteiger partial charge in [0, 0.05) is 5.69 Å². The van der Waals surface area contributed by atoms with E-state index in [1.165, 1.54) is 0 Å². The van der Waals surface area contributed by atoms with Crippen molar-refractivity contribution in [2.45, 2.75) is 27.7 Å². The highest BCUT2D eigenvalue weighted by Crippen LogP contribution is 2.44. The van der Waals surface area contributed by atoms with E-state index >= 15 is 0 Å². The largest absolute Gasteiger partial charge is 0.508 e. The van der Waals surface area contributed by atoms with Crippen molar-refractivity contribution < 1.29 is 20.1 Å². The Morgan fingerprint density at radius 1 is 0.606 bits per heavy atom. The summed E-state index contributed by atoms with van der Waals surface area (Å²) in [7, 11) is 0. The van der Waals surface area contributed by atoms with Gasteiger partial charge in [0.15, 0.2) is 0 Å². The summed E-state index contributed by atoms with van der Waals surface area (Å²) in [6, 6.07) is 21.6. The lowest BCUT2D eigenvalue weighted by Gasteiger charge is -2.27. The molecule has 0 saturated heterocycles. The third kappa shape index (κ3) is 4.58. The van der Waals surface area contributed by atoms with Crippen LogP contribution in [0, 0.1) is 27.7 Å². The number of hydrogen-bond donors (Lipinski definition) is 3. The van der Waals surface area contributed by atoms with Crippen molar-refractivity contribution in [2.24, 2.45) is 0 Å². The first-order chi connectivity index (χ1) is 15.7. The second kappa shape index (κ2) is 8.79. The van der Waals surface area contributed by atoms with Crippen molar-refractivity contribution in [1.82, 2.24) is 0 Å². The lowest BCUT2D eigenvalue weighted by atomic mass is 10.1. The molecule has 0 atom stereocenters. The lowest BCUT2D eigenvalue weighted by molar-refractivity contribution is 0.458. The molecule has 4 rings (SSSR count). The zero-order chi connectivity index (χ0) is 23.7. The summed E-state index contributed by atoms with van der Waals surface area (Å²) in [5, 5.41) is 31.2. The summed E-state index contributed by atoms with van der Waals surface area (Å²) in [6.45, 7) is 7.60. The van der Waals surface area contributed by atoms with Crippen molar-refractivity contribution in [3.8, 4) is 28.7 Å². The Balaban J connectivity index is 1.75. The van der Waals surface area contributed by atoms with E-state index in [0.29, 0.717) is 22.9 Å². The van der Waals surface area contributed by atoms with Gasteiger partial charge < -0.3 is 25.0 Å². The van der Waals surface area contributed by atoms with Crippen molar-refractivity contribution in [3.05, 3.63) is 95.1 Å². The molecule has 33 heavy (non-hydrogen) atoms. The van der Waals surface area contributed by atoms with Gasteiger partial charge >= 0.3 is 0 Å². The molecule has 168 valence electrons. The second-order valence-corrected chi connectivity index (χ2v) is 8.32. The fourth-order valence-corrected chi connectivity index (χ4v) is 3.92. The molecule has 4 aromatic carbocycles. The van der Waals surface area contributed by atoms with Crippen LogP contribution in [0.1, 0.15) is 22.3 Å². The summed E-state index contributed by atoms with van der Waals surface area (Å²) in [6.07, 6.45) is 0. The van der Waals surface area contributed by atoms with Crippen molar-refractivity contribution in [2.75, 3.05) is 4.90 Å². The predicted molar refractivity (Wildman–Crippen MR) is 132 cm³/mol. The van der Waals surface area contributed by atoms with Crippen LogP contribution in [0.5, 0.6) is 28.7 Å². The minimum Gasteiger partial charge on any atom is -0.508 e. The van der Waals surface area contributed by atoms with Crippen LogP contribution in [-0.4, -0.2) is 15.3 Å². The Hall–Kier alpha value is -4.12. The summed E-state index contributed by atoms with van der Waals surface area (Å²) in [4.78, 5) is 1.81. The Morgan fingerprint density at radius 3 is 1.55 bits per heavy atom. The van der Waals surface area contributed by atoms with E-state index in [4.69, 9.17) is 4.74 Å². The Morgan fingerprint density at radius 2 is 1.09 bits per heavy atom. The number of aryl methyl sites for hydroxylation is 4. The molecule has 0 heterocycles. The van der Waals surface area contributed by atoms with Gasteiger partial charge in [-0.15, -0.1) is 0 Å². The van der Waals surface area contributed by atoms with Crippen LogP contribution < -0.4 is 9.64 Å². The molecule has 0 spiro atoms. The second-order valence-electron chi connectivity index (χ2n) is 8.32. The first-order valence-electron chi connectivity index (χ1n) is 10.7. The van der Waals surface area contributed by atoms with Gasteiger partial charge in [0.1, 0.15) is 28.7 Å². The number of anilines is 3. The van der Waals surface area contributed by atoms with E-state index in [0.717, 1.165) is 27.9 Å². The molecule has 5 nitrogen and oxygen atoms in total. The number of benzene rings is 4. The SMILES string of the molecule is Cc1ccc(N(c2ccc(Oc3c(C)cc(O)cc3C)cc2)c2ccc(C)cc2O)c(O)c1. The molecule has 0 aliphatic carbocycles. The number of phenolic OH excluding ortho intramolecular Hbond substituents is 3. The van der Waals surface area contributed by atoms with E-state index in [1.807, 2.05) is 81.1 Å². The Kier molecular flexibility index (Phi) is 5.88. The monoisotopic (exact) mass is 441 g/mol. The fourth-order valence-electron chi connectivity index (χ4n) is 3.92. The Bertz CT molecular complexity index is 1240. The molecule has 0 aliphatic rings. The molecule has 0 unspecified atom stereocenters. The smallest absolute Gasteiger partial charge is 0.139 e. The first kappa shape index (κ1) is 22.1. The molecule has 0 bridgehead atoms. The Labute approximate surface area is 193 Å². The van der Waals surface area contributed by atoms with Gasteiger partial charge in [0.05, 0.1) is 11.4 Å². The van der Waals surface area contributed by atoms with Crippen molar-refractivity contribution >= 4 is 17.1 Å². The van der Waals surface area contributed by atoms with Crippen LogP contribution in [0.15, 0.2) is 72.8 Å². The van der Waals surface area contributed by atoms with Crippen LogP contribution in [0.2, 0.25) is 0 Å². The summed E-state index contributed by atoms with van der Waals surface area (Å²) >= 11 is 0. The molecule has 0 aromatic heterocycles. The number of hydrogen-bond acceptors (Lipinski definition) is 5. The molecular formula is C28H27NO4. The maximum Gasteiger partial charge on any atom is 0.139 e. The van der Waals surface area contributed by atoms with Crippen LogP contribution in [0.4, 0.5) is 17.1 Å². The number of rotatable bonds is 5. The van der Waals surface area contributed by atoms with Crippen molar-refractivity contribution in [1.29, 1.82) is 0 Å². The molecule has 5 heteroatoms. The molecule has 3 N–H and O–H groups in total. The van der Waals surface area contributed by atoms with Gasteiger partial charge in [-0.1, -0.05) is 12.1 Å². The maximum atomic E-state index is 10.7. The third-order valence-corrected chi connectivity index (χ3v) is 5.50. The van der Waals surface area contributed by atoms with E-state index in [-0.39, 0.29) is 17.2 Å². The highest BCUT2D eigenvalue weighted by atomic mass is 16.5.